The number of amides is 13. The number of nitrogens with two attached hydrogens (primary N) is 3. The minimum absolute atomic E-state index is 0.0376. The van der Waals surface area contributed by atoms with E-state index in [9.17, 15) is 63.0 Å². The predicted molar refractivity (Wildman–Crippen MR) is 416 cm³/mol. The van der Waals surface area contributed by atoms with Crippen LogP contribution in [0.25, 0.3) is 0 Å². The molecule has 0 bridgehead atoms. The van der Waals surface area contributed by atoms with E-state index in [1.54, 1.807) is 65.8 Å². The molecule has 31 nitrogen and oxygen atoms in total. The molecule has 3 heterocycles. The fourth-order valence-electron chi connectivity index (χ4n) is 14.0. The number of hydrogen-bond acceptors (Lipinski definition) is 18. The van der Waals surface area contributed by atoms with Gasteiger partial charge in [-0.1, -0.05) is 107 Å². The Labute approximate surface area is 648 Å². The standard InChI is InChI=1S/C79H128N16O15/c1-44(2)39-57-71(102)89-60(42-50-26-30-52(96)31-27-50)78(109)95-38-20-25-63(95)74(105)93-66(49(11)12)76(107)85-55(22-14-17-35-81)68(99)87-59(41-46(5)6)72(103)92-65(48(9)10)77(108)90-61(43-51-28-32-53(97)33-29-51)79(110)94-37-19-24-62(94)73(104)88-58(40-45(3)4)70(101)83-56(23-15-18-36-82)69(100)91-64(47(7)8)75(106)84-54(67(98)86-57)21-13-16-34-80/h26-33,44-49,54-66,96-97H,13-25,34-43,80-82H2,1-12H3,(H,83,101)(H,84,106)(H,85,107)(H,86,98)(H,87,99)(H,88,104)(H,89,102)(H,90,108)(H,91,100)(H,92,103)(H,93,105)/t54-,55-,56-,57-,58-,59-,60+,61+,62-,63-,64-,65-,66-/m0/s1. The van der Waals surface area contributed by atoms with Gasteiger partial charge in [-0.25, -0.2) is 0 Å². The second-order valence-electron chi connectivity index (χ2n) is 32.0. The van der Waals surface area contributed by atoms with Crippen LogP contribution in [-0.2, 0) is 75.2 Å². The van der Waals surface area contributed by atoms with Crippen LogP contribution >= 0.6 is 0 Å². The Bertz CT molecular complexity index is 3390. The quantitative estimate of drug-likeness (QED) is 0.0629. The average molecular weight is 1540 g/mol. The molecule has 0 aromatic heterocycles. The van der Waals surface area contributed by atoms with Crippen molar-refractivity contribution in [2.75, 3.05) is 32.7 Å². The van der Waals surface area contributed by atoms with Crippen LogP contribution in [0.1, 0.15) is 197 Å². The van der Waals surface area contributed by atoms with Crippen LogP contribution in [-0.4, -0.2) is 208 Å². The van der Waals surface area contributed by atoms with Gasteiger partial charge in [0.2, 0.25) is 76.8 Å². The fraction of sp³-hybridized carbons (Fsp3) is 0.684. The van der Waals surface area contributed by atoms with E-state index in [-0.39, 0.29) is 126 Å². The normalized spacial score (nSPS) is 25.8. The van der Waals surface area contributed by atoms with Gasteiger partial charge in [0.15, 0.2) is 0 Å². The first kappa shape index (κ1) is 91.6. The van der Waals surface area contributed by atoms with Gasteiger partial charge >= 0.3 is 0 Å². The topological polar surface area (TPSA) is 479 Å². The summed E-state index contributed by atoms with van der Waals surface area (Å²) in [5.74, 6) is -12.3. The first-order valence-corrected chi connectivity index (χ1v) is 39.7. The zero-order valence-electron chi connectivity index (χ0n) is 66.7. The molecular formula is C79H128N16O15. The number of benzene rings is 2. The minimum atomic E-state index is -1.38. The Hall–Kier alpha value is -8.97. The molecule has 5 rings (SSSR count). The molecule has 3 aliphatic rings. The highest BCUT2D eigenvalue weighted by Crippen LogP contribution is 2.25. The highest BCUT2D eigenvalue weighted by Gasteiger charge is 2.44. The smallest absolute Gasteiger partial charge is 0.246 e. The van der Waals surface area contributed by atoms with Crippen LogP contribution in [0.3, 0.4) is 0 Å². The largest absolute Gasteiger partial charge is 0.508 e. The molecule has 110 heavy (non-hydrogen) atoms. The monoisotopic (exact) mass is 1540 g/mol. The van der Waals surface area contributed by atoms with Crippen molar-refractivity contribution in [1.29, 1.82) is 0 Å². The highest BCUT2D eigenvalue weighted by atomic mass is 16.3. The lowest BCUT2D eigenvalue weighted by atomic mass is 9.98. The van der Waals surface area contributed by atoms with Crippen LogP contribution < -0.4 is 75.7 Å². The number of carbonyl (C=O) groups excluding carboxylic acids is 13. The van der Waals surface area contributed by atoms with Crippen LogP contribution in [0.15, 0.2) is 48.5 Å². The Morgan fingerprint density at radius 1 is 0.327 bits per heavy atom. The number of fused-ring (bicyclic) bond motifs is 2. The molecule has 614 valence electrons. The molecule has 0 aliphatic carbocycles. The summed E-state index contributed by atoms with van der Waals surface area (Å²) in [7, 11) is 0. The molecule has 0 spiro atoms. The number of hydrogen-bond donors (Lipinski definition) is 16. The van der Waals surface area contributed by atoms with Gasteiger partial charge in [0.1, 0.15) is 90.0 Å². The molecule has 3 fully saturated rings. The van der Waals surface area contributed by atoms with E-state index in [4.69, 9.17) is 17.2 Å². The van der Waals surface area contributed by atoms with E-state index in [1.165, 1.54) is 34.1 Å². The highest BCUT2D eigenvalue weighted by molar-refractivity contribution is 6.01. The molecule has 31 heteroatoms. The molecule has 3 saturated heterocycles. The van der Waals surface area contributed by atoms with Crippen molar-refractivity contribution in [2.24, 2.45) is 52.7 Å². The lowest BCUT2D eigenvalue weighted by Crippen LogP contribution is -2.62. The number of nitrogens with one attached hydrogen (secondary N) is 11. The first-order chi connectivity index (χ1) is 52.1. The van der Waals surface area contributed by atoms with Gasteiger partial charge in [-0.3, -0.25) is 62.3 Å². The van der Waals surface area contributed by atoms with Crippen molar-refractivity contribution in [3.63, 3.8) is 0 Å². The van der Waals surface area contributed by atoms with Gasteiger partial charge in [0.05, 0.1) is 0 Å². The molecule has 0 radical (unpaired) electrons. The summed E-state index contributed by atoms with van der Waals surface area (Å²) in [6.07, 6.45) is 3.41. The number of phenolic OH excluding ortho intramolecular Hbond substituents is 2. The molecule has 3 aliphatic heterocycles. The van der Waals surface area contributed by atoms with Crippen molar-refractivity contribution >= 4 is 76.8 Å². The summed E-state index contributed by atoms with van der Waals surface area (Å²) < 4.78 is 0. The lowest BCUT2D eigenvalue weighted by molar-refractivity contribution is -0.143. The molecular weight excluding hydrogens is 1410 g/mol. The summed E-state index contributed by atoms with van der Waals surface area (Å²) in [6, 6.07) is -4.87. The van der Waals surface area contributed by atoms with Crippen LogP contribution in [0, 0.1) is 35.5 Å². The number of aromatic hydroxyl groups is 2. The van der Waals surface area contributed by atoms with Crippen molar-refractivity contribution in [3.8, 4) is 11.5 Å². The minimum Gasteiger partial charge on any atom is -0.508 e. The van der Waals surface area contributed by atoms with Gasteiger partial charge < -0.3 is 95.7 Å². The third kappa shape index (κ3) is 28.7. The number of phenols is 2. The zero-order valence-corrected chi connectivity index (χ0v) is 66.7. The van der Waals surface area contributed by atoms with Crippen LogP contribution in [0.4, 0.5) is 0 Å². The van der Waals surface area contributed by atoms with E-state index in [1.807, 2.05) is 41.5 Å². The Morgan fingerprint density at radius 3 is 0.882 bits per heavy atom. The Balaban J connectivity index is 1.64. The second kappa shape index (κ2) is 45.4. The molecule has 2 aromatic rings. The predicted octanol–water partition coefficient (Wildman–Crippen LogP) is 1.70. The van der Waals surface area contributed by atoms with E-state index >= 15 is 9.59 Å². The molecule has 13 atom stereocenters. The number of unbranched alkanes of at least 4 members (excludes halogenated alkanes) is 3. The summed E-state index contributed by atoms with van der Waals surface area (Å²) in [5, 5.41) is 51.7. The second-order valence-corrected chi connectivity index (χ2v) is 32.0. The zero-order chi connectivity index (χ0) is 81.6. The molecule has 0 saturated carbocycles. The number of rotatable bonds is 25. The van der Waals surface area contributed by atoms with E-state index < -0.39 is 173 Å². The van der Waals surface area contributed by atoms with Gasteiger partial charge in [-0.2, -0.15) is 0 Å². The Morgan fingerprint density at radius 2 is 0.573 bits per heavy atom. The van der Waals surface area contributed by atoms with Crippen LogP contribution in [0.5, 0.6) is 11.5 Å². The van der Waals surface area contributed by atoms with Gasteiger partial charge in [0, 0.05) is 25.9 Å². The third-order valence-electron chi connectivity index (χ3n) is 20.2. The van der Waals surface area contributed by atoms with Gasteiger partial charge in [0.25, 0.3) is 0 Å². The van der Waals surface area contributed by atoms with E-state index in [0.717, 1.165) is 0 Å². The van der Waals surface area contributed by atoms with Crippen molar-refractivity contribution < 1.29 is 72.5 Å². The first-order valence-electron chi connectivity index (χ1n) is 39.7. The maximum absolute atomic E-state index is 15.2. The van der Waals surface area contributed by atoms with Crippen molar-refractivity contribution in [3.05, 3.63) is 59.7 Å². The molecule has 19 N–H and O–H groups in total. The van der Waals surface area contributed by atoms with Crippen molar-refractivity contribution in [1.82, 2.24) is 68.3 Å². The number of nitrogens with zero attached hydrogens (tertiary/aromatic N) is 2. The summed E-state index contributed by atoms with van der Waals surface area (Å²) in [4.78, 5) is 196. The fourth-order valence-corrected chi connectivity index (χ4v) is 14.0. The Kier molecular flexibility index (Phi) is 37.8. The van der Waals surface area contributed by atoms with Gasteiger partial charge in [-0.15, -0.1) is 0 Å². The van der Waals surface area contributed by atoms with Crippen LogP contribution in [0.2, 0.25) is 0 Å². The molecule has 2 aromatic carbocycles. The lowest BCUT2D eigenvalue weighted by Gasteiger charge is -2.32. The average Bonchev–Trinajstić information content (AvgIpc) is 1.61. The molecule has 13 amide bonds. The summed E-state index contributed by atoms with van der Waals surface area (Å²) in [6.45, 7) is 21.9. The van der Waals surface area contributed by atoms with Crippen molar-refractivity contribution in [2.45, 2.75) is 277 Å². The molecule has 0 unspecified atom stereocenters. The third-order valence-corrected chi connectivity index (χ3v) is 20.2. The maximum atomic E-state index is 15.2. The number of carbonyl (C=O) groups is 13. The van der Waals surface area contributed by atoms with E-state index in [0.29, 0.717) is 62.5 Å². The van der Waals surface area contributed by atoms with Gasteiger partial charge in [-0.05, 0) is 193 Å². The summed E-state index contributed by atoms with van der Waals surface area (Å²) in [5.41, 5.74) is 18.8. The SMILES string of the molecule is CC(C)C[C@@H]1NC(=O)[C@H](CCCCN)NC(=O)[C@H](C(C)C)NC(=O)[C@@H]2CCCN2C(=O)[C@@H](Cc2ccc(O)cc2)NC(=O)[C@H](CC(C)C)NC(=O)[C@H](CCCCN)NC(=O)[C@H](C(C)C)NC(=O)[C@H](CCCCN)NC(=O)[C@H](CC(C)C)NC(=O)[C@@H]2CCCN2C(=O)[C@@H](Cc2ccc(O)cc2)NC(=O)[C@H](C(C)C)NC1=O. The summed E-state index contributed by atoms with van der Waals surface area (Å²) >= 11 is 0. The van der Waals surface area contributed by atoms with E-state index in [2.05, 4.69) is 58.5 Å². The maximum Gasteiger partial charge on any atom is 0.246 e.